The van der Waals surface area contributed by atoms with Gasteiger partial charge in [-0.05, 0) is 19.1 Å². The summed E-state index contributed by atoms with van der Waals surface area (Å²) in [4.78, 5) is 12.0. The van der Waals surface area contributed by atoms with Crippen molar-refractivity contribution >= 4 is 5.97 Å². The molecule has 0 atom stereocenters. The van der Waals surface area contributed by atoms with Crippen molar-refractivity contribution in [3.8, 4) is 5.69 Å². The van der Waals surface area contributed by atoms with E-state index in [1.165, 1.54) is 10.7 Å². The van der Waals surface area contributed by atoms with Crippen molar-refractivity contribution in [2.45, 2.75) is 19.9 Å². The van der Waals surface area contributed by atoms with E-state index in [-0.39, 0.29) is 18.0 Å². The van der Waals surface area contributed by atoms with E-state index < -0.39 is 17.6 Å². The number of halogens is 2. The number of aromatic nitrogens is 2. The fourth-order valence-corrected chi connectivity index (χ4v) is 2.59. The molecule has 1 aliphatic heterocycles. The molecule has 22 heavy (non-hydrogen) atoms. The van der Waals surface area contributed by atoms with Gasteiger partial charge < -0.3 is 10.1 Å². The fourth-order valence-electron chi connectivity index (χ4n) is 2.59. The van der Waals surface area contributed by atoms with Gasteiger partial charge in [-0.3, -0.25) is 0 Å². The third-order valence-electron chi connectivity index (χ3n) is 3.55. The number of para-hydroxylation sites is 1. The molecule has 0 radical (unpaired) electrons. The van der Waals surface area contributed by atoms with Crippen molar-refractivity contribution in [3.63, 3.8) is 0 Å². The average Bonchev–Trinajstić information content (AvgIpc) is 2.87. The maximum absolute atomic E-state index is 14.0. The number of hydrogen-bond acceptors (Lipinski definition) is 4. The molecule has 1 aliphatic rings. The van der Waals surface area contributed by atoms with Crippen LogP contribution in [0.25, 0.3) is 5.69 Å². The largest absolute Gasteiger partial charge is 0.461 e. The molecule has 0 spiro atoms. The Hall–Kier alpha value is -2.28. The van der Waals surface area contributed by atoms with Crippen LogP contribution in [0.15, 0.2) is 18.2 Å². The van der Waals surface area contributed by atoms with Crippen LogP contribution in [0.3, 0.4) is 0 Å². The maximum Gasteiger partial charge on any atom is 0.359 e. The second-order valence-corrected chi connectivity index (χ2v) is 4.90. The molecule has 1 aromatic carbocycles. The van der Waals surface area contributed by atoms with Gasteiger partial charge in [0.1, 0.15) is 5.69 Å². The molecule has 0 saturated carbocycles. The van der Waals surface area contributed by atoms with Crippen molar-refractivity contribution in [1.29, 1.82) is 0 Å². The Morgan fingerprint density at radius 2 is 2.14 bits per heavy atom. The Morgan fingerprint density at radius 1 is 1.41 bits per heavy atom. The van der Waals surface area contributed by atoms with E-state index in [4.69, 9.17) is 4.74 Å². The number of carbonyl (C=O) groups excluding carboxylic acids is 1. The Labute approximate surface area is 125 Å². The molecule has 0 fully saturated rings. The molecule has 0 aliphatic carbocycles. The molecule has 1 aromatic heterocycles. The molecule has 116 valence electrons. The minimum atomic E-state index is -0.723. The second kappa shape index (κ2) is 5.84. The van der Waals surface area contributed by atoms with E-state index in [1.54, 1.807) is 6.92 Å². The molecule has 0 amide bonds. The number of fused-ring (bicyclic) bond motifs is 1. The Morgan fingerprint density at radius 3 is 2.82 bits per heavy atom. The Balaban J connectivity index is 2.18. The van der Waals surface area contributed by atoms with Gasteiger partial charge in [-0.1, -0.05) is 6.07 Å². The zero-order valence-electron chi connectivity index (χ0n) is 12.0. The molecule has 1 N–H and O–H groups in total. The second-order valence-electron chi connectivity index (χ2n) is 4.90. The molecule has 2 aromatic rings. The summed E-state index contributed by atoms with van der Waals surface area (Å²) < 4.78 is 34.2. The third-order valence-corrected chi connectivity index (χ3v) is 3.55. The fraction of sp³-hybridized carbons (Fsp3) is 0.333. The minimum absolute atomic E-state index is 0.103. The molecule has 0 bridgehead atoms. The van der Waals surface area contributed by atoms with Crippen molar-refractivity contribution < 1.29 is 18.3 Å². The normalized spacial score (nSPS) is 13.8. The van der Waals surface area contributed by atoms with Crippen LogP contribution in [-0.4, -0.2) is 28.9 Å². The Kier molecular flexibility index (Phi) is 3.89. The van der Waals surface area contributed by atoms with Gasteiger partial charge in [0.05, 0.1) is 12.3 Å². The number of carbonyl (C=O) groups is 1. The van der Waals surface area contributed by atoms with Gasteiger partial charge in [0.15, 0.2) is 17.3 Å². The molecular formula is C15H15F2N3O2. The topological polar surface area (TPSA) is 56.1 Å². The zero-order valence-corrected chi connectivity index (χ0v) is 12.0. The standard InChI is InChI=1S/C15H15F2N3O2/c1-2-22-15(21)13-9-8-18-7-6-12(9)20(19-13)14-10(16)4-3-5-11(14)17/h3-5,18H,2,6-8H2,1H3. The molecule has 3 rings (SSSR count). The van der Waals surface area contributed by atoms with Crippen molar-refractivity contribution in [1.82, 2.24) is 15.1 Å². The molecule has 0 unspecified atom stereocenters. The highest BCUT2D eigenvalue weighted by atomic mass is 19.1. The highest BCUT2D eigenvalue weighted by molar-refractivity contribution is 5.89. The number of nitrogens with one attached hydrogen (secondary N) is 1. The van der Waals surface area contributed by atoms with Crippen molar-refractivity contribution in [2.75, 3.05) is 13.2 Å². The highest BCUT2D eigenvalue weighted by Crippen LogP contribution is 2.25. The number of benzene rings is 1. The number of ether oxygens (including phenoxy) is 1. The minimum Gasteiger partial charge on any atom is -0.461 e. The zero-order chi connectivity index (χ0) is 15.7. The molecular weight excluding hydrogens is 292 g/mol. The van der Waals surface area contributed by atoms with Crippen molar-refractivity contribution in [3.05, 3.63) is 46.8 Å². The summed E-state index contributed by atoms with van der Waals surface area (Å²) in [7, 11) is 0. The lowest BCUT2D eigenvalue weighted by Gasteiger charge is -2.16. The van der Waals surface area contributed by atoms with Crippen LogP contribution in [0.1, 0.15) is 28.7 Å². The third kappa shape index (κ3) is 2.37. The van der Waals surface area contributed by atoms with E-state index in [0.29, 0.717) is 30.8 Å². The summed E-state index contributed by atoms with van der Waals surface area (Å²) in [5.41, 5.74) is 1.10. The SMILES string of the molecule is CCOC(=O)c1nn(-c2c(F)cccc2F)c2c1CNCC2. The maximum atomic E-state index is 14.0. The van der Waals surface area contributed by atoms with E-state index in [2.05, 4.69) is 10.4 Å². The number of esters is 1. The monoisotopic (exact) mass is 307 g/mol. The summed E-state index contributed by atoms with van der Waals surface area (Å²) in [5.74, 6) is -2.03. The van der Waals surface area contributed by atoms with Crippen LogP contribution < -0.4 is 5.32 Å². The quantitative estimate of drug-likeness (QED) is 0.881. The summed E-state index contributed by atoms with van der Waals surface area (Å²) in [6.07, 6.45) is 0.523. The van der Waals surface area contributed by atoms with Gasteiger partial charge in [-0.15, -0.1) is 0 Å². The first kappa shape index (κ1) is 14.6. The number of nitrogens with zero attached hydrogens (tertiary/aromatic N) is 2. The highest BCUT2D eigenvalue weighted by Gasteiger charge is 2.28. The van der Waals surface area contributed by atoms with Gasteiger partial charge in [0.2, 0.25) is 0 Å². The van der Waals surface area contributed by atoms with E-state index >= 15 is 0 Å². The molecule has 5 nitrogen and oxygen atoms in total. The first-order valence-corrected chi connectivity index (χ1v) is 7.06. The van der Waals surface area contributed by atoms with Crippen molar-refractivity contribution in [2.24, 2.45) is 0 Å². The van der Waals surface area contributed by atoms with Crippen LogP contribution in [0, 0.1) is 11.6 Å². The summed E-state index contributed by atoms with van der Waals surface area (Å²) in [6.45, 7) is 2.97. The van der Waals surface area contributed by atoms with Crippen LogP contribution in [0.4, 0.5) is 8.78 Å². The number of hydrogen-bond donors (Lipinski definition) is 1. The molecule has 2 heterocycles. The lowest BCUT2D eigenvalue weighted by molar-refractivity contribution is 0.0517. The van der Waals surface area contributed by atoms with Crippen LogP contribution >= 0.6 is 0 Å². The van der Waals surface area contributed by atoms with Gasteiger partial charge in [0, 0.05) is 25.1 Å². The lowest BCUT2D eigenvalue weighted by Crippen LogP contribution is -2.25. The first-order chi connectivity index (χ1) is 10.6. The van der Waals surface area contributed by atoms with Gasteiger partial charge in [-0.25, -0.2) is 18.3 Å². The molecule has 7 heteroatoms. The predicted octanol–water partition coefficient (Wildman–Crippen LogP) is 1.97. The first-order valence-electron chi connectivity index (χ1n) is 7.06. The molecule has 0 saturated heterocycles. The summed E-state index contributed by atoms with van der Waals surface area (Å²) in [6, 6.07) is 3.62. The van der Waals surface area contributed by atoms with E-state index in [1.807, 2.05) is 0 Å². The van der Waals surface area contributed by atoms with E-state index in [0.717, 1.165) is 12.1 Å². The average molecular weight is 307 g/mol. The number of rotatable bonds is 3. The Bertz CT molecular complexity index is 708. The van der Waals surface area contributed by atoms with Gasteiger partial charge >= 0.3 is 5.97 Å². The van der Waals surface area contributed by atoms with Crippen LogP contribution in [-0.2, 0) is 17.7 Å². The predicted molar refractivity (Wildman–Crippen MR) is 74.8 cm³/mol. The summed E-state index contributed by atoms with van der Waals surface area (Å²) in [5, 5.41) is 7.25. The summed E-state index contributed by atoms with van der Waals surface area (Å²) >= 11 is 0. The van der Waals surface area contributed by atoms with E-state index in [9.17, 15) is 13.6 Å². The van der Waals surface area contributed by atoms with Crippen LogP contribution in [0.5, 0.6) is 0 Å². The van der Waals surface area contributed by atoms with Gasteiger partial charge in [0.25, 0.3) is 0 Å². The smallest absolute Gasteiger partial charge is 0.359 e. The lowest BCUT2D eigenvalue weighted by atomic mass is 10.1. The van der Waals surface area contributed by atoms with Crippen LogP contribution in [0.2, 0.25) is 0 Å². The van der Waals surface area contributed by atoms with Gasteiger partial charge in [-0.2, -0.15) is 5.10 Å².